The van der Waals surface area contributed by atoms with Crippen molar-refractivity contribution in [2.45, 2.75) is 19.4 Å². The van der Waals surface area contributed by atoms with Crippen molar-refractivity contribution >= 4 is 21.6 Å². The van der Waals surface area contributed by atoms with Gasteiger partial charge >= 0.3 is 0 Å². The standard InChI is InChI=1S/C23H26N4O3S/c1-17-8-10-18(11-9-17)21-14-22(27(25-21)19-6-4-3-5-7-19)24-23(28)15-26(2)20-12-13-31(29,30)16-20/h3-11,14,20H,12-13,15-16H2,1-2H3,(H,24,28). The van der Waals surface area contributed by atoms with Crippen molar-refractivity contribution in [2.24, 2.45) is 0 Å². The Morgan fingerprint density at radius 3 is 2.52 bits per heavy atom. The monoisotopic (exact) mass is 438 g/mol. The largest absolute Gasteiger partial charge is 0.309 e. The van der Waals surface area contributed by atoms with Gasteiger partial charge in [0.15, 0.2) is 9.84 Å². The number of hydrogen-bond acceptors (Lipinski definition) is 5. The number of likely N-dealkylation sites (N-methyl/N-ethyl adjacent to an activating group) is 1. The highest BCUT2D eigenvalue weighted by molar-refractivity contribution is 7.91. The molecule has 3 aromatic rings. The minimum Gasteiger partial charge on any atom is -0.309 e. The number of nitrogens with one attached hydrogen (secondary N) is 1. The Hall–Kier alpha value is -2.97. The van der Waals surface area contributed by atoms with E-state index in [0.29, 0.717) is 12.2 Å². The van der Waals surface area contributed by atoms with Crippen LogP contribution >= 0.6 is 0 Å². The molecule has 1 fully saturated rings. The lowest BCUT2D eigenvalue weighted by molar-refractivity contribution is -0.117. The molecule has 4 rings (SSSR count). The molecular formula is C23H26N4O3S. The Kier molecular flexibility index (Phi) is 5.93. The van der Waals surface area contributed by atoms with Crippen LogP contribution in [0.15, 0.2) is 60.7 Å². The van der Waals surface area contributed by atoms with E-state index in [1.54, 1.807) is 11.7 Å². The number of aromatic nitrogens is 2. The lowest BCUT2D eigenvalue weighted by atomic mass is 10.1. The zero-order valence-electron chi connectivity index (χ0n) is 17.7. The summed E-state index contributed by atoms with van der Waals surface area (Å²) in [4.78, 5) is 14.6. The minimum absolute atomic E-state index is 0.107. The molecule has 1 unspecified atom stereocenters. The van der Waals surface area contributed by atoms with Crippen LogP contribution in [-0.2, 0) is 14.6 Å². The van der Waals surface area contributed by atoms with Crippen LogP contribution in [-0.4, -0.2) is 60.1 Å². The van der Waals surface area contributed by atoms with E-state index in [9.17, 15) is 13.2 Å². The molecule has 8 heteroatoms. The van der Waals surface area contributed by atoms with E-state index in [4.69, 9.17) is 5.10 Å². The van der Waals surface area contributed by atoms with Crippen LogP contribution in [0.1, 0.15) is 12.0 Å². The van der Waals surface area contributed by atoms with Gasteiger partial charge in [-0.15, -0.1) is 0 Å². The van der Waals surface area contributed by atoms with Gasteiger partial charge in [-0.05, 0) is 32.5 Å². The van der Waals surface area contributed by atoms with E-state index < -0.39 is 9.84 Å². The molecule has 1 atom stereocenters. The fourth-order valence-electron chi connectivity index (χ4n) is 3.76. The van der Waals surface area contributed by atoms with Crippen LogP contribution in [0.5, 0.6) is 0 Å². The summed E-state index contributed by atoms with van der Waals surface area (Å²) in [6.45, 7) is 2.14. The quantitative estimate of drug-likeness (QED) is 0.640. The van der Waals surface area contributed by atoms with Crippen molar-refractivity contribution < 1.29 is 13.2 Å². The number of amides is 1. The zero-order chi connectivity index (χ0) is 22.0. The van der Waals surface area contributed by atoms with Gasteiger partial charge in [0.25, 0.3) is 0 Å². The second-order valence-corrected chi connectivity index (χ2v) is 10.3. The molecule has 162 valence electrons. The van der Waals surface area contributed by atoms with Gasteiger partial charge in [0.2, 0.25) is 5.91 Å². The van der Waals surface area contributed by atoms with Crippen LogP contribution < -0.4 is 5.32 Å². The molecule has 0 spiro atoms. The van der Waals surface area contributed by atoms with Crippen LogP contribution in [0.3, 0.4) is 0 Å². The molecule has 1 saturated heterocycles. The third-order valence-electron chi connectivity index (χ3n) is 5.55. The first-order valence-electron chi connectivity index (χ1n) is 10.2. The van der Waals surface area contributed by atoms with Crippen molar-refractivity contribution in [1.29, 1.82) is 0 Å². The fourth-order valence-corrected chi connectivity index (χ4v) is 5.57. The Labute approximate surface area is 182 Å². The summed E-state index contributed by atoms with van der Waals surface area (Å²) >= 11 is 0. The number of carbonyl (C=O) groups is 1. The van der Waals surface area contributed by atoms with Crippen LogP contribution in [0, 0.1) is 6.92 Å². The SMILES string of the molecule is Cc1ccc(-c2cc(NC(=O)CN(C)C3CCS(=O)(=O)C3)n(-c3ccccc3)n2)cc1. The normalized spacial score (nSPS) is 17.7. The molecule has 1 aliphatic rings. The molecule has 1 aromatic heterocycles. The lowest BCUT2D eigenvalue weighted by Crippen LogP contribution is -2.38. The Morgan fingerprint density at radius 2 is 1.87 bits per heavy atom. The topological polar surface area (TPSA) is 84.3 Å². The number of nitrogens with zero attached hydrogens (tertiary/aromatic N) is 3. The number of rotatable bonds is 6. The van der Waals surface area contributed by atoms with E-state index in [0.717, 1.165) is 22.5 Å². The molecule has 2 heterocycles. The van der Waals surface area contributed by atoms with Gasteiger partial charge in [-0.1, -0.05) is 48.0 Å². The molecule has 1 N–H and O–H groups in total. The zero-order valence-corrected chi connectivity index (χ0v) is 18.5. The van der Waals surface area contributed by atoms with Gasteiger partial charge in [0.05, 0.1) is 29.4 Å². The van der Waals surface area contributed by atoms with Gasteiger partial charge in [0, 0.05) is 17.7 Å². The van der Waals surface area contributed by atoms with E-state index in [2.05, 4.69) is 5.32 Å². The van der Waals surface area contributed by atoms with E-state index in [1.807, 2.05) is 72.5 Å². The summed E-state index contributed by atoms with van der Waals surface area (Å²) in [7, 11) is -1.21. The molecule has 2 aromatic carbocycles. The Bertz CT molecular complexity index is 1170. The van der Waals surface area contributed by atoms with Crippen LogP contribution in [0.2, 0.25) is 0 Å². The number of anilines is 1. The number of sulfone groups is 1. The molecule has 0 saturated carbocycles. The first kappa shape index (κ1) is 21.3. The van der Waals surface area contributed by atoms with Crippen LogP contribution in [0.4, 0.5) is 5.82 Å². The average Bonchev–Trinajstić information content (AvgIpc) is 3.32. The predicted octanol–water partition coefficient (Wildman–Crippen LogP) is 2.91. The molecule has 0 radical (unpaired) electrons. The van der Waals surface area contributed by atoms with Crippen molar-refractivity contribution in [1.82, 2.24) is 14.7 Å². The summed E-state index contributed by atoms with van der Waals surface area (Å²) in [6.07, 6.45) is 0.561. The molecule has 0 aliphatic carbocycles. The van der Waals surface area contributed by atoms with Gasteiger partial charge in [0.1, 0.15) is 5.82 Å². The Balaban J connectivity index is 1.56. The summed E-state index contributed by atoms with van der Waals surface area (Å²) < 4.78 is 25.2. The first-order valence-corrected chi connectivity index (χ1v) is 12.1. The van der Waals surface area contributed by atoms with Crippen molar-refractivity contribution in [2.75, 3.05) is 30.4 Å². The summed E-state index contributed by atoms with van der Waals surface area (Å²) in [5, 5.41) is 7.67. The molecular weight excluding hydrogens is 412 g/mol. The third-order valence-corrected chi connectivity index (χ3v) is 7.30. The smallest absolute Gasteiger partial charge is 0.239 e. The highest BCUT2D eigenvalue weighted by Crippen LogP contribution is 2.25. The molecule has 0 bridgehead atoms. The fraction of sp³-hybridized carbons (Fsp3) is 0.304. The van der Waals surface area contributed by atoms with Crippen molar-refractivity contribution in [3.8, 4) is 16.9 Å². The van der Waals surface area contributed by atoms with E-state index >= 15 is 0 Å². The number of benzene rings is 2. The predicted molar refractivity (Wildman–Crippen MR) is 122 cm³/mol. The highest BCUT2D eigenvalue weighted by atomic mass is 32.2. The van der Waals surface area contributed by atoms with Gasteiger partial charge in [-0.2, -0.15) is 5.10 Å². The molecule has 7 nitrogen and oxygen atoms in total. The van der Waals surface area contributed by atoms with Crippen molar-refractivity contribution in [3.63, 3.8) is 0 Å². The maximum absolute atomic E-state index is 12.8. The molecule has 1 aliphatic heterocycles. The highest BCUT2D eigenvalue weighted by Gasteiger charge is 2.31. The number of carbonyl (C=O) groups excluding carboxylic acids is 1. The van der Waals surface area contributed by atoms with Gasteiger partial charge in [-0.25, -0.2) is 13.1 Å². The summed E-state index contributed by atoms with van der Waals surface area (Å²) in [6, 6.07) is 19.4. The third kappa shape index (κ3) is 5.03. The molecule has 31 heavy (non-hydrogen) atoms. The summed E-state index contributed by atoms with van der Waals surface area (Å²) in [5.41, 5.74) is 3.72. The van der Waals surface area contributed by atoms with Crippen molar-refractivity contribution in [3.05, 3.63) is 66.2 Å². The van der Waals surface area contributed by atoms with Gasteiger partial charge < -0.3 is 5.32 Å². The average molecular weight is 439 g/mol. The number of hydrogen-bond donors (Lipinski definition) is 1. The summed E-state index contributed by atoms with van der Waals surface area (Å²) in [5.74, 6) is 0.652. The van der Waals surface area contributed by atoms with Crippen LogP contribution in [0.25, 0.3) is 16.9 Å². The Morgan fingerprint density at radius 1 is 1.16 bits per heavy atom. The van der Waals surface area contributed by atoms with E-state index in [1.165, 1.54) is 0 Å². The number of aryl methyl sites for hydroxylation is 1. The molecule has 1 amide bonds. The van der Waals surface area contributed by atoms with E-state index in [-0.39, 0.29) is 30.0 Å². The van der Waals surface area contributed by atoms with Gasteiger partial charge in [-0.3, -0.25) is 9.69 Å². The maximum atomic E-state index is 12.8. The second kappa shape index (κ2) is 8.64. The second-order valence-electron chi connectivity index (χ2n) is 8.05. The first-order chi connectivity index (χ1) is 14.8. The maximum Gasteiger partial charge on any atom is 0.239 e. The lowest BCUT2D eigenvalue weighted by Gasteiger charge is -2.22. The number of para-hydroxylation sites is 1. The minimum atomic E-state index is -3.00.